The first-order valence-corrected chi connectivity index (χ1v) is 6.86. The third-order valence-corrected chi connectivity index (χ3v) is 4.55. The lowest BCUT2D eigenvalue weighted by molar-refractivity contribution is -0.00999. The molecule has 3 atom stereocenters. The summed E-state index contributed by atoms with van der Waals surface area (Å²) in [6.45, 7) is 1.40. The minimum atomic E-state index is -2.53. The normalized spacial score (nSPS) is 33.5. The Balaban J connectivity index is 1.72. The summed E-state index contributed by atoms with van der Waals surface area (Å²) in [7, 11) is 0. The number of likely N-dealkylation sites (tertiary alicyclic amines) is 1. The molecule has 0 spiro atoms. The van der Waals surface area contributed by atoms with Crippen molar-refractivity contribution in [3.8, 4) is 0 Å². The van der Waals surface area contributed by atoms with Crippen molar-refractivity contribution >= 4 is 0 Å². The summed E-state index contributed by atoms with van der Waals surface area (Å²) < 4.78 is 26.9. The number of hydrogen-bond donors (Lipinski definition) is 1. The van der Waals surface area contributed by atoms with E-state index in [-0.39, 0.29) is 37.3 Å². The van der Waals surface area contributed by atoms with Crippen LogP contribution in [0.25, 0.3) is 0 Å². The van der Waals surface area contributed by atoms with Gasteiger partial charge in [-0.3, -0.25) is 4.90 Å². The minimum absolute atomic E-state index is 0.0144. The van der Waals surface area contributed by atoms with Crippen molar-refractivity contribution in [3.05, 3.63) is 35.9 Å². The van der Waals surface area contributed by atoms with Gasteiger partial charge in [0, 0.05) is 32.0 Å². The first kappa shape index (κ1) is 13.0. The largest absolute Gasteiger partial charge is 0.395 e. The highest BCUT2D eigenvalue weighted by atomic mass is 19.3. The lowest BCUT2D eigenvalue weighted by Crippen LogP contribution is -2.36. The van der Waals surface area contributed by atoms with Gasteiger partial charge in [0.2, 0.25) is 5.92 Å². The lowest BCUT2D eigenvalue weighted by Gasteiger charge is -2.27. The number of aliphatic hydroxyl groups is 1. The van der Waals surface area contributed by atoms with Crippen LogP contribution in [0.5, 0.6) is 0 Å². The summed E-state index contributed by atoms with van der Waals surface area (Å²) >= 11 is 0. The second kappa shape index (κ2) is 4.84. The van der Waals surface area contributed by atoms with Gasteiger partial charge in [-0.15, -0.1) is 0 Å². The third kappa shape index (κ3) is 2.51. The molecule has 1 saturated heterocycles. The molecule has 1 heterocycles. The predicted molar refractivity (Wildman–Crippen MR) is 68.9 cm³/mol. The van der Waals surface area contributed by atoms with E-state index in [1.54, 1.807) is 0 Å². The fourth-order valence-electron chi connectivity index (χ4n) is 3.74. The zero-order chi connectivity index (χ0) is 13.5. The van der Waals surface area contributed by atoms with Crippen molar-refractivity contribution in [1.29, 1.82) is 0 Å². The molecule has 1 aromatic carbocycles. The molecular weight excluding hydrogens is 248 g/mol. The van der Waals surface area contributed by atoms with E-state index in [4.69, 9.17) is 0 Å². The van der Waals surface area contributed by atoms with Crippen LogP contribution in [0.3, 0.4) is 0 Å². The fraction of sp³-hybridized carbons (Fsp3) is 0.600. The fourth-order valence-corrected chi connectivity index (χ4v) is 3.74. The molecule has 1 aliphatic carbocycles. The van der Waals surface area contributed by atoms with Crippen LogP contribution in [0.4, 0.5) is 8.78 Å². The number of benzene rings is 1. The molecule has 0 radical (unpaired) electrons. The van der Waals surface area contributed by atoms with Crippen LogP contribution in [0, 0.1) is 11.8 Å². The molecular formula is C15H19F2NO. The van der Waals surface area contributed by atoms with E-state index in [0.717, 1.165) is 6.54 Å². The molecule has 1 aromatic rings. The highest BCUT2D eigenvalue weighted by Gasteiger charge is 2.54. The first-order chi connectivity index (χ1) is 9.09. The molecule has 1 saturated carbocycles. The zero-order valence-corrected chi connectivity index (χ0v) is 10.8. The molecule has 0 aromatic heterocycles. The van der Waals surface area contributed by atoms with Gasteiger partial charge in [0.1, 0.15) is 0 Å². The Morgan fingerprint density at radius 3 is 2.63 bits per heavy atom. The molecule has 19 heavy (non-hydrogen) atoms. The van der Waals surface area contributed by atoms with Gasteiger partial charge in [0.05, 0.1) is 6.61 Å². The Morgan fingerprint density at radius 1 is 1.21 bits per heavy atom. The van der Waals surface area contributed by atoms with Crippen molar-refractivity contribution in [3.63, 3.8) is 0 Å². The number of fused-ring (bicyclic) bond motifs is 1. The van der Waals surface area contributed by atoms with Crippen molar-refractivity contribution in [1.82, 2.24) is 4.90 Å². The maximum atomic E-state index is 13.4. The van der Waals surface area contributed by atoms with Crippen molar-refractivity contribution in [2.24, 2.45) is 11.8 Å². The monoisotopic (exact) mass is 267 g/mol. The number of halogens is 2. The molecule has 4 heteroatoms. The maximum Gasteiger partial charge on any atom is 0.248 e. The van der Waals surface area contributed by atoms with E-state index in [9.17, 15) is 13.9 Å². The van der Waals surface area contributed by atoms with Gasteiger partial charge in [-0.25, -0.2) is 8.78 Å². The third-order valence-electron chi connectivity index (χ3n) is 4.55. The Bertz CT molecular complexity index is 437. The quantitative estimate of drug-likeness (QED) is 0.909. The molecule has 104 valence electrons. The maximum absolute atomic E-state index is 13.4. The second-order valence-electron chi connectivity index (χ2n) is 5.85. The van der Waals surface area contributed by atoms with Crippen molar-refractivity contribution in [2.45, 2.75) is 31.4 Å². The lowest BCUT2D eigenvalue weighted by atomic mass is 9.94. The van der Waals surface area contributed by atoms with E-state index in [2.05, 4.69) is 4.90 Å². The molecule has 0 bridgehead atoms. The van der Waals surface area contributed by atoms with E-state index in [1.165, 1.54) is 5.56 Å². The Kier molecular flexibility index (Phi) is 3.31. The second-order valence-corrected chi connectivity index (χ2v) is 5.85. The van der Waals surface area contributed by atoms with Crippen LogP contribution >= 0.6 is 0 Å². The van der Waals surface area contributed by atoms with Crippen molar-refractivity contribution < 1.29 is 13.9 Å². The van der Waals surface area contributed by atoms with Gasteiger partial charge in [-0.05, 0) is 17.4 Å². The number of rotatable bonds is 3. The van der Waals surface area contributed by atoms with Crippen LogP contribution in [0.15, 0.2) is 30.3 Å². The number of alkyl halides is 2. The standard InChI is InChI=1S/C15H19F2NO/c16-15(17)6-12-9-18(14(10-19)13(12)7-15)8-11-4-2-1-3-5-11/h1-5,12-14,19H,6-10H2/t12-,13-,14?/m0/s1. The van der Waals surface area contributed by atoms with Gasteiger partial charge in [-0.2, -0.15) is 0 Å². The average Bonchev–Trinajstić information content (AvgIpc) is 2.81. The Morgan fingerprint density at radius 2 is 1.95 bits per heavy atom. The van der Waals surface area contributed by atoms with Crippen LogP contribution < -0.4 is 0 Å². The van der Waals surface area contributed by atoms with Crippen molar-refractivity contribution in [2.75, 3.05) is 13.2 Å². The van der Waals surface area contributed by atoms with Crippen LogP contribution in [0.2, 0.25) is 0 Å². The molecule has 0 amide bonds. The predicted octanol–water partition coefficient (Wildman–Crippen LogP) is 2.52. The molecule has 1 aliphatic heterocycles. The number of nitrogens with zero attached hydrogens (tertiary/aromatic N) is 1. The smallest absolute Gasteiger partial charge is 0.248 e. The summed E-state index contributed by atoms with van der Waals surface area (Å²) in [4.78, 5) is 2.17. The molecule has 1 unspecified atom stereocenters. The van der Waals surface area contributed by atoms with E-state index in [0.29, 0.717) is 6.54 Å². The summed E-state index contributed by atoms with van der Waals surface area (Å²) in [5, 5.41) is 9.55. The summed E-state index contributed by atoms with van der Waals surface area (Å²) in [5.74, 6) is -2.54. The molecule has 2 nitrogen and oxygen atoms in total. The topological polar surface area (TPSA) is 23.5 Å². The molecule has 1 N–H and O–H groups in total. The minimum Gasteiger partial charge on any atom is -0.395 e. The SMILES string of the molecule is OCC1[C@H]2CC(F)(F)C[C@H]2CN1Cc1ccccc1. The summed E-state index contributed by atoms with van der Waals surface area (Å²) in [5.41, 5.74) is 1.17. The van der Waals surface area contributed by atoms with E-state index in [1.807, 2.05) is 30.3 Å². The van der Waals surface area contributed by atoms with Gasteiger partial charge >= 0.3 is 0 Å². The van der Waals surface area contributed by atoms with Gasteiger partial charge in [0.25, 0.3) is 0 Å². The molecule has 2 fully saturated rings. The molecule has 2 aliphatic rings. The van der Waals surface area contributed by atoms with Gasteiger partial charge in [-0.1, -0.05) is 30.3 Å². The Hall–Kier alpha value is -1.00. The van der Waals surface area contributed by atoms with Crippen LogP contribution in [-0.2, 0) is 6.54 Å². The van der Waals surface area contributed by atoms with Gasteiger partial charge in [0.15, 0.2) is 0 Å². The zero-order valence-electron chi connectivity index (χ0n) is 10.8. The van der Waals surface area contributed by atoms with Crippen LogP contribution in [0.1, 0.15) is 18.4 Å². The highest BCUT2D eigenvalue weighted by molar-refractivity contribution is 5.15. The highest BCUT2D eigenvalue weighted by Crippen LogP contribution is 2.49. The van der Waals surface area contributed by atoms with E-state index >= 15 is 0 Å². The number of hydrogen-bond acceptors (Lipinski definition) is 2. The average molecular weight is 267 g/mol. The Labute approximate surface area is 112 Å². The van der Waals surface area contributed by atoms with Gasteiger partial charge < -0.3 is 5.11 Å². The number of aliphatic hydroxyl groups excluding tert-OH is 1. The molecule has 3 rings (SSSR count). The summed E-state index contributed by atoms with van der Waals surface area (Å²) in [6.07, 6.45) is -0.0758. The van der Waals surface area contributed by atoms with Crippen LogP contribution in [-0.4, -0.2) is 35.1 Å². The first-order valence-electron chi connectivity index (χ1n) is 6.86. The van der Waals surface area contributed by atoms with E-state index < -0.39 is 5.92 Å². The summed E-state index contributed by atoms with van der Waals surface area (Å²) in [6, 6.07) is 9.89.